The molecule has 208 valence electrons. The molecule has 2 amide bonds. The molecule has 0 fully saturated rings. The molecular formula is C28H34N10O2. The Kier molecular flexibility index (Phi) is 11.1. The predicted octanol–water partition coefficient (Wildman–Crippen LogP) is 1.61. The first kappa shape index (κ1) is 29.8. The van der Waals surface area contributed by atoms with E-state index in [1.165, 1.54) is 11.0 Å². The highest BCUT2D eigenvalue weighted by Gasteiger charge is 2.20. The van der Waals surface area contributed by atoms with Gasteiger partial charge >= 0.3 is 0 Å². The summed E-state index contributed by atoms with van der Waals surface area (Å²) in [6.07, 6.45) is 7.71. The van der Waals surface area contributed by atoms with E-state index in [1.807, 2.05) is 19.0 Å². The number of hydrogen-bond donors (Lipinski definition) is 3. The molecule has 0 radical (unpaired) electrons. The fourth-order valence-electron chi connectivity index (χ4n) is 3.41. The Labute approximate surface area is 234 Å². The van der Waals surface area contributed by atoms with Crippen molar-refractivity contribution in [3.8, 4) is 17.9 Å². The van der Waals surface area contributed by atoms with Crippen molar-refractivity contribution in [2.75, 3.05) is 51.2 Å². The summed E-state index contributed by atoms with van der Waals surface area (Å²) >= 11 is 0. The molecule has 2 aromatic rings. The minimum atomic E-state index is -0.590. The predicted molar refractivity (Wildman–Crippen MR) is 154 cm³/mol. The van der Waals surface area contributed by atoms with Crippen LogP contribution < -0.4 is 21.1 Å². The largest absolute Gasteiger partial charge is 0.354 e. The Morgan fingerprint density at radius 2 is 2.02 bits per heavy atom. The number of aromatic nitrogens is 2. The van der Waals surface area contributed by atoms with Gasteiger partial charge in [0.25, 0.3) is 0 Å². The van der Waals surface area contributed by atoms with Crippen LogP contribution >= 0.6 is 0 Å². The zero-order chi connectivity index (χ0) is 28.9. The van der Waals surface area contributed by atoms with Gasteiger partial charge < -0.3 is 20.4 Å². The number of carbonyl (C=O) groups is 2. The average molecular weight is 543 g/mol. The second kappa shape index (κ2) is 15.0. The van der Waals surface area contributed by atoms with Crippen molar-refractivity contribution in [2.24, 2.45) is 4.99 Å². The van der Waals surface area contributed by atoms with Gasteiger partial charge in [-0.15, -0.1) is 0 Å². The molecule has 1 aromatic carbocycles. The van der Waals surface area contributed by atoms with Crippen molar-refractivity contribution in [2.45, 2.75) is 25.8 Å². The van der Waals surface area contributed by atoms with E-state index in [4.69, 9.17) is 5.26 Å². The summed E-state index contributed by atoms with van der Waals surface area (Å²) in [5, 5.41) is 16.7. The molecule has 0 bridgehead atoms. The summed E-state index contributed by atoms with van der Waals surface area (Å²) in [6.45, 7) is 3.22. The fourth-order valence-corrected chi connectivity index (χ4v) is 3.41. The van der Waals surface area contributed by atoms with Crippen LogP contribution in [0.15, 0.2) is 47.6 Å². The molecular weight excluding hydrogens is 508 g/mol. The van der Waals surface area contributed by atoms with Crippen LogP contribution in [0, 0.1) is 23.2 Å². The van der Waals surface area contributed by atoms with Crippen molar-refractivity contribution < 1.29 is 9.59 Å². The number of rotatable bonds is 11. The van der Waals surface area contributed by atoms with Gasteiger partial charge in [0.15, 0.2) is 5.82 Å². The zero-order valence-electron chi connectivity index (χ0n) is 23.2. The second-order valence-electron chi connectivity index (χ2n) is 9.22. The molecule has 1 aromatic heterocycles. The van der Waals surface area contributed by atoms with E-state index in [1.54, 1.807) is 61.9 Å². The van der Waals surface area contributed by atoms with Gasteiger partial charge in [0, 0.05) is 38.3 Å². The topological polar surface area (TPSA) is 142 Å². The first-order valence-corrected chi connectivity index (χ1v) is 12.8. The van der Waals surface area contributed by atoms with Gasteiger partial charge in [-0.25, -0.2) is 15.4 Å². The van der Waals surface area contributed by atoms with Crippen LogP contribution in [0.3, 0.4) is 0 Å². The number of benzene rings is 1. The summed E-state index contributed by atoms with van der Waals surface area (Å²) in [7, 11) is 5.45. The number of aliphatic imine (C=N–C) groups is 1. The average Bonchev–Trinajstić information content (AvgIpc) is 3.49. The lowest BCUT2D eigenvalue weighted by molar-refractivity contribution is -0.135. The highest BCUT2D eigenvalue weighted by atomic mass is 16.2. The normalized spacial score (nSPS) is 13.1. The minimum Gasteiger partial charge on any atom is -0.354 e. The summed E-state index contributed by atoms with van der Waals surface area (Å²) in [6, 6.07) is 8.49. The van der Waals surface area contributed by atoms with Crippen molar-refractivity contribution in [1.82, 2.24) is 30.5 Å². The smallest absolute Gasteiger partial charge is 0.246 e. The Balaban J connectivity index is 1.53. The van der Waals surface area contributed by atoms with Crippen molar-refractivity contribution in [1.29, 1.82) is 5.26 Å². The quantitative estimate of drug-likeness (QED) is 0.219. The van der Waals surface area contributed by atoms with Crippen molar-refractivity contribution in [3.05, 3.63) is 53.7 Å². The third kappa shape index (κ3) is 8.91. The number of anilines is 3. The van der Waals surface area contributed by atoms with Crippen molar-refractivity contribution >= 4 is 35.6 Å². The Hall–Kier alpha value is -4.78. The van der Waals surface area contributed by atoms with Crippen LogP contribution in [0.2, 0.25) is 0 Å². The summed E-state index contributed by atoms with van der Waals surface area (Å²) in [4.78, 5) is 41.2. The van der Waals surface area contributed by atoms with Crippen LogP contribution in [-0.2, 0) is 9.59 Å². The van der Waals surface area contributed by atoms with Crippen LogP contribution in [0.1, 0.15) is 30.9 Å². The molecule has 12 nitrogen and oxygen atoms in total. The van der Waals surface area contributed by atoms with Gasteiger partial charge in [0.05, 0.1) is 23.4 Å². The molecule has 0 saturated heterocycles. The number of nitrogens with one attached hydrogen (secondary N) is 3. The number of nitrogens with zero attached hydrogens (tertiary/aromatic N) is 7. The van der Waals surface area contributed by atoms with Crippen LogP contribution in [0.4, 0.5) is 17.5 Å². The van der Waals surface area contributed by atoms with E-state index in [-0.39, 0.29) is 11.8 Å². The standard InChI is InChI=1S/C28H34N10O2/c1-21(37(4)25(39)10-8-16-36(2)3)27(40)31-15-7-5-6-9-23-18-32-28(35-26(23)38-20-30-19-33-38)34-24-13-11-22(17-29)12-14-24/h8,10-14,18,20-21,33H,5,7,15-16,19H2,1-4H3,(H,31,40)(H,32,34,35)/b10-8+/t21-/m0/s1. The second-order valence-corrected chi connectivity index (χ2v) is 9.22. The highest BCUT2D eigenvalue weighted by Crippen LogP contribution is 2.20. The Morgan fingerprint density at radius 3 is 2.70 bits per heavy atom. The maximum Gasteiger partial charge on any atom is 0.246 e. The van der Waals surface area contributed by atoms with E-state index in [9.17, 15) is 9.59 Å². The van der Waals surface area contributed by atoms with E-state index in [2.05, 4.69) is 48.9 Å². The van der Waals surface area contributed by atoms with E-state index in [0.29, 0.717) is 55.5 Å². The van der Waals surface area contributed by atoms with Crippen LogP contribution in [0.5, 0.6) is 0 Å². The number of nitriles is 1. The number of unbranched alkanes of at least 4 members (excludes halogenated alkanes) is 1. The van der Waals surface area contributed by atoms with E-state index >= 15 is 0 Å². The van der Waals surface area contributed by atoms with Crippen molar-refractivity contribution in [3.63, 3.8) is 0 Å². The molecule has 3 rings (SSSR count). The number of likely N-dealkylation sites (N-methyl/N-ethyl adjacent to an activating group) is 2. The minimum absolute atomic E-state index is 0.217. The molecule has 3 N–H and O–H groups in total. The molecule has 1 atom stereocenters. The Morgan fingerprint density at radius 1 is 1.25 bits per heavy atom. The fraction of sp³-hybridized carbons (Fsp3) is 0.357. The summed E-state index contributed by atoms with van der Waals surface area (Å²) < 4.78 is 0. The lowest BCUT2D eigenvalue weighted by Gasteiger charge is -2.23. The first-order valence-electron chi connectivity index (χ1n) is 12.8. The van der Waals surface area contributed by atoms with Gasteiger partial charge in [0.2, 0.25) is 17.8 Å². The van der Waals surface area contributed by atoms with Crippen LogP contribution in [-0.4, -0.2) is 84.9 Å². The summed E-state index contributed by atoms with van der Waals surface area (Å²) in [5.41, 5.74) is 5.03. The van der Waals surface area contributed by atoms with Gasteiger partial charge in [-0.3, -0.25) is 14.6 Å². The van der Waals surface area contributed by atoms with E-state index in [0.717, 1.165) is 5.69 Å². The monoisotopic (exact) mass is 542 g/mol. The zero-order valence-corrected chi connectivity index (χ0v) is 23.2. The van der Waals surface area contributed by atoms with Gasteiger partial charge in [-0.2, -0.15) is 10.2 Å². The SMILES string of the molecule is C[C@@H](C(=O)NCCCC#Cc1cnc(Nc2ccc(C#N)cc2)nc1N1C=NCN1)N(C)C(=O)/C=C/CN(C)C. The third-order valence-electron chi connectivity index (χ3n) is 5.84. The number of amides is 2. The maximum atomic E-state index is 12.5. The molecule has 2 heterocycles. The number of hydrogen-bond acceptors (Lipinski definition) is 10. The first-order chi connectivity index (χ1) is 19.3. The lowest BCUT2D eigenvalue weighted by atomic mass is 10.2. The lowest BCUT2D eigenvalue weighted by Crippen LogP contribution is -2.45. The van der Waals surface area contributed by atoms with Gasteiger partial charge in [-0.1, -0.05) is 17.9 Å². The van der Waals surface area contributed by atoms with Crippen LogP contribution in [0.25, 0.3) is 0 Å². The number of hydrazine groups is 1. The molecule has 1 aliphatic rings. The van der Waals surface area contributed by atoms with Gasteiger partial charge in [0.1, 0.15) is 19.0 Å². The molecule has 0 unspecified atom stereocenters. The summed E-state index contributed by atoms with van der Waals surface area (Å²) in [5.74, 6) is 6.71. The molecule has 12 heteroatoms. The van der Waals surface area contributed by atoms with Gasteiger partial charge in [-0.05, 0) is 51.7 Å². The highest BCUT2D eigenvalue weighted by molar-refractivity contribution is 5.92. The Bertz CT molecular complexity index is 1340. The molecule has 0 spiro atoms. The maximum absolute atomic E-state index is 12.5. The number of carbonyl (C=O) groups excluding carboxylic acids is 2. The molecule has 40 heavy (non-hydrogen) atoms. The molecule has 1 aliphatic heterocycles. The molecule has 0 aliphatic carbocycles. The molecule has 0 saturated carbocycles. The third-order valence-corrected chi connectivity index (χ3v) is 5.84. The van der Waals surface area contributed by atoms with E-state index < -0.39 is 6.04 Å².